The van der Waals surface area contributed by atoms with Gasteiger partial charge in [0.1, 0.15) is 6.54 Å². The zero-order valence-electron chi connectivity index (χ0n) is 10.5. The van der Waals surface area contributed by atoms with Crippen LogP contribution in [0.4, 0.5) is 5.69 Å². The van der Waals surface area contributed by atoms with Gasteiger partial charge in [0.15, 0.2) is 0 Å². The maximum absolute atomic E-state index is 12.2. The largest absolute Gasteiger partial charge is 0.396 e. The summed E-state index contributed by atoms with van der Waals surface area (Å²) in [5, 5.41) is 4.01. The third kappa shape index (κ3) is 3.71. The highest BCUT2D eigenvalue weighted by Crippen LogP contribution is 2.22. The number of aromatic nitrogens is 2. The minimum Gasteiger partial charge on any atom is -0.396 e. The maximum atomic E-state index is 12.2. The molecule has 0 saturated heterocycles. The predicted molar refractivity (Wildman–Crippen MR) is 77.1 cm³/mol. The smallest absolute Gasteiger partial charge is 0.244 e. The molecule has 0 aliphatic carbocycles. The van der Waals surface area contributed by atoms with Crippen LogP contribution in [0.25, 0.3) is 0 Å². The van der Waals surface area contributed by atoms with Crippen molar-refractivity contribution in [2.75, 3.05) is 12.3 Å². The van der Waals surface area contributed by atoms with E-state index in [0.717, 1.165) is 9.21 Å². The van der Waals surface area contributed by atoms with Crippen molar-refractivity contribution in [3.8, 4) is 0 Å². The fourth-order valence-electron chi connectivity index (χ4n) is 1.71. The van der Waals surface area contributed by atoms with Crippen molar-refractivity contribution in [3.63, 3.8) is 0 Å². The molecule has 0 bridgehead atoms. The van der Waals surface area contributed by atoms with Gasteiger partial charge in [-0.05, 0) is 19.1 Å². The van der Waals surface area contributed by atoms with Crippen molar-refractivity contribution < 1.29 is 4.79 Å². The zero-order chi connectivity index (χ0) is 13.8. The molecular weight excluding hydrogens is 284 g/mol. The second-order valence-electron chi connectivity index (χ2n) is 4.08. The first-order valence-corrected chi connectivity index (χ1v) is 7.08. The first kappa shape index (κ1) is 13.9. The molecule has 0 aliphatic heterocycles. The van der Waals surface area contributed by atoms with Gasteiger partial charge in [0.25, 0.3) is 0 Å². The third-order valence-corrected chi connectivity index (χ3v) is 3.88. The average molecular weight is 299 g/mol. The van der Waals surface area contributed by atoms with Crippen LogP contribution in [0.15, 0.2) is 24.5 Å². The predicted octanol–water partition coefficient (Wildman–Crippen LogP) is 2.23. The van der Waals surface area contributed by atoms with Gasteiger partial charge in [-0.3, -0.25) is 9.48 Å². The summed E-state index contributed by atoms with van der Waals surface area (Å²) >= 11 is 7.37. The summed E-state index contributed by atoms with van der Waals surface area (Å²) in [6.45, 7) is 3.36. The summed E-state index contributed by atoms with van der Waals surface area (Å²) in [6, 6.07) is 3.78. The summed E-state index contributed by atoms with van der Waals surface area (Å²) in [4.78, 5) is 15.0. The van der Waals surface area contributed by atoms with E-state index in [4.69, 9.17) is 17.3 Å². The molecule has 2 aromatic heterocycles. The number of amides is 1. The van der Waals surface area contributed by atoms with Crippen molar-refractivity contribution in [2.45, 2.75) is 20.0 Å². The minimum atomic E-state index is 0.00937. The van der Waals surface area contributed by atoms with E-state index in [1.54, 1.807) is 15.8 Å². The van der Waals surface area contributed by atoms with Crippen molar-refractivity contribution in [1.29, 1.82) is 0 Å². The fraction of sp³-hybridized carbons (Fsp3) is 0.333. The summed E-state index contributed by atoms with van der Waals surface area (Å²) < 4.78 is 2.28. The van der Waals surface area contributed by atoms with Gasteiger partial charge in [-0.25, -0.2) is 0 Å². The number of carbonyl (C=O) groups excluding carboxylic acids is 1. The highest BCUT2D eigenvalue weighted by atomic mass is 35.5. The van der Waals surface area contributed by atoms with Crippen LogP contribution in [0, 0.1) is 0 Å². The summed E-state index contributed by atoms with van der Waals surface area (Å²) in [5.41, 5.74) is 6.12. The topological polar surface area (TPSA) is 64.2 Å². The lowest BCUT2D eigenvalue weighted by molar-refractivity contribution is -0.132. The van der Waals surface area contributed by atoms with Crippen molar-refractivity contribution in [2.24, 2.45) is 0 Å². The second kappa shape index (κ2) is 6.08. The van der Waals surface area contributed by atoms with Crippen LogP contribution in [-0.2, 0) is 17.9 Å². The number of nitrogens with two attached hydrogens (primary N) is 1. The highest BCUT2D eigenvalue weighted by molar-refractivity contribution is 7.16. The molecule has 0 saturated carbocycles. The Hall–Kier alpha value is -1.53. The summed E-state index contributed by atoms with van der Waals surface area (Å²) in [7, 11) is 0. The SMILES string of the molecule is CCN(Cc1ccc(Cl)s1)C(=O)Cn1cc(N)cn1. The average Bonchev–Trinajstić information content (AvgIpc) is 2.95. The molecule has 0 atom stereocenters. The number of hydrogen-bond acceptors (Lipinski definition) is 4. The van der Waals surface area contributed by atoms with Crippen molar-refractivity contribution >= 4 is 34.5 Å². The normalized spacial score (nSPS) is 10.6. The Kier molecular flexibility index (Phi) is 4.44. The van der Waals surface area contributed by atoms with Gasteiger partial charge < -0.3 is 10.6 Å². The van der Waals surface area contributed by atoms with E-state index in [1.807, 2.05) is 19.1 Å². The Morgan fingerprint density at radius 3 is 2.89 bits per heavy atom. The lowest BCUT2D eigenvalue weighted by atomic mass is 10.4. The van der Waals surface area contributed by atoms with E-state index in [-0.39, 0.29) is 12.5 Å². The third-order valence-electron chi connectivity index (χ3n) is 2.66. The van der Waals surface area contributed by atoms with Gasteiger partial charge in [-0.2, -0.15) is 5.10 Å². The van der Waals surface area contributed by atoms with Gasteiger partial charge in [0.05, 0.1) is 22.8 Å². The number of rotatable bonds is 5. The molecule has 0 radical (unpaired) electrons. The first-order valence-electron chi connectivity index (χ1n) is 5.88. The molecule has 1 amide bonds. The number of nitrogens with zero attached hydrogens (tertiary/aromatic N) is 3. The lowest BCUT2D eigenvalue weighted by Crippen LogP contribution is -2.33. The number of anilines is 1. The molecule has 0 aromatic carbocycles. The van der Waals surface area contributed by atoms with E-state index in [0.29, 0.717) is 18.8 Å². The second-order valence-corrected chi connectivity index (χ2v) is 5.88. The van der Waals surface area contributed by atoms with Gasteiger partial charge in [-0.1, -0.05) is 11.6 Å². The van der Waals surface area contributed by atoms with E-state index >= 15 is 0 Å². The molecule has 2 rings (SSSR count). The Morgan fingerprint density at radius 1 is 1.58 bits per heavy atom. The molecule has 0 fully saturated rings. The van der Waals surface area contributed by atoms with Gasteiger partial charge in [-0.15, -0.1) is 11.3 Å². The fourth-order valence-corrected chi connectivity index (χ4v) is 2.81. The number of halogens is 1. The monoisotopic (exact) mass is 298 g/mol. The molecule has 5 nitrogen and oxygen atoms in total. The first-order chi connectivity index (χ1) is 9.08. The Balaban J connectivity index is 1.98. The Bertz CT molecular complexity index is 566. The number of hydrogen-bond donors (Lipinski definition) is 1. The molecule has 7 heteroatoms. The van der Waals surface area contributed by atoms with Crippen molar-refractivity contribution in [3.05, 3.63) is 33.7 Å². The van der Waals surface area contributed by atoms with Crippen LogP contribution in [-0.4, -0.2) is 27.1 Å². The summed E-state index contributed by atoms with van der Waals surface area (Å²) in [6.07, 6.45) is 3.18. The molecule has 0 aliphatic rings. The number of nitrogen functional groups attached to an aromatic ring is 1. The van der Waals surface area contributed by atoms with E-state index in [9.17, 15) is 4.79 Å². The summed E-state index contributed by atoms with van der Waals surface area (Å²) in [5.74, 6) is 0.00937. The van der Waals surface area contributed by atoms with Crippen LogP contribution in [0.3, 0.4) is 0 Å². The number of carbonyl (C=O) groups is 1. The van der Waals surface area contributed by atoms with Crippen LogP contribution in [0.2, 0.25) is 4.34 Å². The lowest BCUT2D eigenvalue weighted by Gasteiger charge is -2.20. The molecule has 0 unspecified atom stereocenters. The molecule has 2 N–H and O–H groups in total. The van der Waals surface area contributed by atoms with E-state index in [1.165, 1.54) is 17.5 Å². The van der Waals surface area contributed by atoms with Crippen LogP contribution >= 0.6 is 22.9 Å². The minimum absolute atomic E-state index is 0.00937. The molecular formula is C12H15ClN4OS. The van der Waals surface area contributed by atoms with E-state index < -0.39 is 0 Å². The molecule has 0 spiro atoms. The Labute approximate surface area is 120 Å². The van der Waals surface area contributed by atoms with Gasteiger partial charge >= 0.3 is 0 Å². The molecule has 102 valence electrons. The maximum Gasteiger partial charge on any atom is 0.244 e. The highest BCUT2D eigenvalue weighted by Gasteiger charge is 2.14. The molecule has 2 aromatic rings. The van der Waals surface area contributed by atoms with Crippen LogP contribution in [0.5, 0.6) is 0 Å². The Morgan fingerprint density at radius 2 is 2.37 bits per heavy atom. The quantitative estimate of drug-likeness (QED) is 0.920. The van der Waals surface area contributed by atoms with Gasteiger partial charge in [0.2, 0.25) is 5.91 Å². The molecule has 2 heterocycles. The van der Waals surface area contributed by atoms with Gasteiger partial charge in [0, 0.05) is 17.6 Å². The molecule has 19 heavy (non-hydrogen) atoms. The van der Waals surface area contributed by atoms with E-state index in [2.05, 4.69) is 5.10 Å². The standard InChI is InChI=1S/C12H15ClN4OS/c1-2-16(7-10-3-4-11(13)19-10)12(18)8-17-6-9(14)5-15-17/h3-6H,2,7-8,14H2,1H3. The number of thiophene rings is 1. The van der Waals surface area contributed by atoms with Crippen molar-refractivity contribution in [1.82, 2.24) is 14.7 Å². The number of likely N-dealkylation sites (N-methyl/N-ethyl adjacent to an activating group) is 1. The van der Waals surface area contributed by atoms with Crippen LogP contribution < -0.4 is 5.73 Å². The zero-order valence-corrected chi connectivity index (χ0v) is 12.1. The van der Waals surface area contributed by atoms with Crippen LogP contribution in [0.1, 0.15) is 11.8 Å².